The molecular formula is C14H16N2O2S. The number of benzene rings is 1. The Bertz CT molecular complexity index is 713. The predicted molar refractivity (Wildman–Crippen MR) is 77.1 cm³/mol. The Morgan fingerprint density at radius 3 is 3.00 bits per heavy atom. The van der Waals surface area contributed by atoms with Gasteiger partial charge in [-0.25, -0.2) is 0 Å². The Morgan fingerprint density at radius 2 is 2.26 bits per heavy atom. The number of nitrogens with one attached hydrogen (secondary N) is 1. The van der Waals surface area contributed by atoms with Crippen LogP contribution in [0.5, 0.6) is 0 Å². The minimum Gasteiger partial charge on any atom is -0.376 e. The van der Waals surface area contributed by atoms with E-state index in [9.17, 15) is 4.79 Å². The minimum absolute atomic E-state index is 0.0386. The zero-order valence-electron chi connectivity index (χ0n) is 10.8. The zero-order valence-corrected chi connectivity index (χ0v) is 11.6. The summed E-state index contributed by atoms with van der Waals surface area (Å²) in [4.78, 5) is 15.7. The first-order valence-corrected chi connectivity index (χ1v) is 6.94. The maximum Gasteiger partial charge on any atom is 0.262 e. The summed E-state index contributed by atoms with van der Waals surface area (Å²) in [6.07, 6.45) is 2.11. The van der Waals surface area contributed by atoms with Gasteiger partial charge in [0.05, 0.1) is 23.0 Å². The molecular weight excluding hydrogens is 260 g/mol. The van der Waals surface area contributed by atoms with E-state index in [4.69, 9.17) is 17.0 Å². The van der Waals surface area contributed by atoms with Gasteiger partial charge < -0.3 is 9.72 Å². The molecule has 0 bridgehead atoms. The molecule has 1 aliphatic rings. The van der Waals surface area contributed by atoms with Gasteiger partial charge in [0, 0.05) is 6.61 Å². The lowest BCUT2D eigenvalue weighted by Gasteiger charge is -2.21. The number of rotatable bonds is 2. The third-order valence-corrected chi connectivity index (χ3v) is 4.05. The maximum absolute atomic E-state index is 12.6. The van der Waals surface area contributed by atoms with Crippen molar-refractivity contribution in [1.82, 2.24) is 9.55 Å². The third kappa shape index (κ3) is 2.13. The molecule has 0 spiro atoms. The quantitative estimate of drug-likeness (QED) is 0.858. The molecule has 5 heteroatoms. The highest BCUT2D eigenvalue weighted by molar-refractivity contribution is 7.71. The largest absolute Gasteiger partial charge is 0.376 e. The Morgan fingerprint density at radius 1 is 1.47 bits per heavy atom. The summed E-state index contributed by atoms with van der Waals surface area (Å²) in [6.45, 7) is 2.77. The van der Waals surface area contributed by atoms with Crippen LogP contribution in [0, 0.1) is 4.77 Å². The summed E-state index contributed by atoms with van der Waals surface area (Å²) >= 11 is 5.33. The summed E-state index contributed by atoms with van der Waals surface area (Å²) in [7, 11) is 0. The van der Waals surface area contributed by atoms with E-state index in [2.05, 4.69) is 4.98 Å². The fraction of sp³-hybridized carbons (Fsp3) is 0.429. The molecule has 1 aromatic carbocycles. The Kier molecular flexibility index (Phi) is 3.24. The highest BCUT2D eigenvalue weighted by atomic mass is 32.1. The molecule has 0 saturated carbocycles. The van der Waals surface area contributed by atoms with Crippen LogP contribution in [0.15, 0.2) is 29.1 Å². The van der Waals surface area contributed by atoms with Gasteiger partial charge in [-0.05, 0) is 44.1 Å². The molecule has 0 amide bonds. The monoisotopic (exact) mass is 276 g/mol. The van der Waals surface area contributed by atoms with Gasteiger partial charge in [0.15, 0.2) is 4.77 Å². The van der Waals surface area contributed by atoms with Crippen LogP contribution in [0.4, 0.5) is 0 Å². The van der Waals surface area contributed by atoms with E-state index in [1.54, 1.807) is 4.57 Å². The average molecular weight is 276 g/mol. The first kappa shape index (κ1) is 12.6. The van der Waals surface area contributed by atoms with Crippen molar-refractivity contribution in [3.63, 3.8) is 0 Å². The molecule has 1 N–H and O–H groups in total. The summed E-state index contributed by atoms with van der Waals surface area (Å²) < 4.78 is 7.78. The highest BCUT2D eigenvalue weighted by Gasteiger charge is 2.25. The number of hydrogen-bond acceptors (Lipinski definition) is 3. The predicted octanol–water partition coefficient (Wildman–Crippen LogP) is 2.80. The molecule has 0 aliphatic carbocycles. The standard InChI is InChI=1S/C14H16N2O2S/c1-9(12-7-4-8-18-12)16-13(17)10-5-2-3-6-11(10)15-14(16)19/h2-3,5-6,9,12H,4,7-8H2,1H3,(H,15,19)/t9-,12-/m0/s1. The molecule has 2 heterocycles. The number of para-hydroxylation sites is 1. The van der Waals surface area contributed by atoms with Gasteiger partial charge in [0.25, 0.3) is 5.56 Å². The molecule has 2 aromatic rings. The van der Waals surface area contributed by atoms with E-state index in [0.29, 0.717) is 10.2 Å². The first-order chi connectivity index (χ1) is 9.18. The van der Waals surface area contributed by atoms with Crippen LogP contribution in [-0.4, -0.2) is 22.3 Å². The zero-order chi connectivity index (χ0) is 13.4. The molecule has 4 nitrogen and oxygen atoms in total. The van der Waals surface area contributed by atoms with E-state index >= 15 is 0 Å². The van der Waals surface area contributed by atoms with Gasteiger partial charge in [-0.15, -0.1) is 0 Å². The van der Waals surface area contributed by atoms with Crippen LogP contribution < -0.4 is 5.56 Å². The summed E-state index contributed by atoms with van der Waals surface area (Å²) in [5.41, 5.74) is 0.746. The van der Waals surface area contributed by atoms with E-state index in [0.717, 1.165) is 25.0 Å². The maximum atomic E-state index is 12.6. The van der Waals surface area contributed by atoms with Crippen molar-refractivity contribution in [3.8, 4) is 0 Å². The van der Waals surface area contributed by atoms with E-state index in [1.807, 2.05) is 31.2 Å². The van der Waals surface area contributed by atoms with Crippen LogP contribution in [0.1, 0.15) is 25.8 Å². The number of fused-ring (bicyclic) bond motifs is 1. The second-order valence-corrected chi connectivity index (χ2v) is 5.33. The molecule has 1 aliphatic heterocycles. The fourth-order valence-corrected chi connectivity index (χ4v) is 3.05. The van der Waals surface area contributed by atoms with Gasteiger partial charge in [0.2, 0.25) is 0 Å². The molecule has 2 atom stereocenters. The molecule has 19 heavy (non-hydrogen) atoms. The van der Waals surface area contributed by atoms with Crippen LogP contribution >= 0.6 is 12.2 Å². The van der Waals surface area contributed by atoms with Crippen molar-refractivity contribution < 1.29 is 4.74 Å². The SMILES string of the molecule is C[C@@H]([C@@H]1CCCO1)n1c(=S)[nH]c2ccccc2c1=O. The lowest BCUT2D eigenvalue weighted by Crippen LogP contribution is -2.31. The van der Waals surface area contributed by atoms with Crippen LogP contribution in [0.25, 0.3) is 10.9 Å². The van der Waals surface area contributed by atoms with Crippen LogP contribution in [0.2, 0.25) is 0 Å². The lowest BCUT2D eigenvalue weighted by molar-refractivity contribution is 0.0715. The molecule has 0 radical (unpaired) electrons. The van der Waals surface area contributed by atoms with Crippen molar-refractivity contribution >= 4 is 23.1 Å². The van der Waals surface area contributed by atoms with Gasteiger partial charge >= 0.3 is 0 Å². The second kappa shape index (κ2) is 4.90. The van der Waals surface area contributed by atoms with Crippen LogP contribution in [-0.2, 0) is 4.74 Å². The lowest BCUT2D eigenvalue weighted by atomic mass is 10.1. The summed E-state index contributed by atoms with van der Waals surface area (Å²) in [5.74, 6) is 0. The smallest absolute Gasteiger partial charge is 0.262 e. The number of hydrogen-bond donors (Lipinski definition) is 1. The van der Waals surface area contributed by atoms with Gasteiger partial charge in [0.1, 0.15) is 0 Å². The average Bonchev–Trinajstić information content (AvgIpc) is 2.92. The molecule has 1 aromatic heterocycles. The molecule has 3 rings (SSSR count). The number of ether oxygens (including phenoxy) is 1. The highest BCUT2D eigenvalue weighted by Crippen LogP contribution is 2.23. The molecule has 1 fully saturated rings. The number of nitrogens with zero attached hydrogens (tertiary/aromatic N) is 1. The van der Waals surface area contributed by atoms with Crippen molar-refractivity contribution in [3.05, 3.63) is 39.4 Å². The fourth-order valence-electron chi connectivity index (χ4n) is 2.70. The van der Waals surface area contributed by atoms with Crippen molar-refractivity contribution in [2.24, 2.45) is 0 Å². The van der Waals surface area contributed by atoms with Crippen molar-refractivity contribution in [1.29, 1.82) is 0 Å². The van der Waals surface area contributed by atoms with Gasteiger partial charge in [-0.1, -0.05) is 12.1 Å². The Balaban J connectivity index is 2.18. The van der Waals surface area contributed by atoms with Gasteiger partial charge in [-0.2, -0.15) is 0 Å². The van der Waals surface area contributed by atoms with E-state index in [-0.39, 0.29) is 17.7 Å². The van der Waals surface area contributed by atoms with Crippen LogP contribution in [0.3, 0.4) is 0 Å². The van der Waals surface area contributed by atoms with E-state index in [1.165, 1.54) is 0 Å². The van der Waals surface area contributed by atoms with Crippen molar-refractivity contribution in [2.75, 3.05) is 6.61 Å². The number of aromatic amines is 1. The molecule has 100 valence electrons. The normalized spacial score (nSPS) is 20.8. The number of aromatic nitrogens is 2. The van der Waals surface area contributed by atoms with Gasteiger partial charge in [-0.3, -0.25) is 9.36 Å². The Hall–Kier alpha value is -1.46. The second-order valence-electron chi connectivity index (χ2n) is 4.94. The first-order valence-electron chi connectivity index (χ1n) is 6.53. The summed E-state index contributed by atoms with van der Waals surface area (Å²) in [6, 6.07) is 7.40. The van der Waals surface area contributed by atoms with E-state index < -0.39 is 0 Å². The molecule has 1 saturated heterocycles. The third-order valence-electron chi connectivity index (χ3n) is 3.75. The van der Waals surface area contributed by atoms with Crippen molar-refractivity contribution in [2.45, 2.75) is 31.9 Å². The topological polar surface area (TPSA) is 47.0 Å². The summed E-state index contributed by atoms with van der Waals surface area (Å²) in [5, 5.41) is 0.668. The molecule has 0 unspecified atom stereocenters. The number of H-pyrrole nitrogens is 1. The minimum atomic E-state index is -0.0395. The Labute approximate surface area is 116 Å².